The molecule has 4 heteroatoms. The summed E-state index contributed by atoms with van der Waals surface area (Å²) in [4.78, 5) is 4.61. The molecule has 0 aliphatic rings. The highest BCUT2D eigenvalue weighted by molar-refractivity contribution is 7.10. The van der Waals surface area contributed by atoms with Crippen molar-refractivity contribution >= 4 is 11.3 Å². The van der Waals surface area contributed by atoms with Crippen molar-refractivity contribution in [1.82, 2.24) is 4.98 Å². The van der Waals surface area contributed by atoms with Gasteiger partial charge in [-0.05, 0) is 30.2 Å². The second kappa shape index (κ2) is 5.50. The SMILES string of the molecule is COc1ccc(-c2csc(C(N)C(C)C)n2)cc1. The molecule has 0 fully saturated rings. The highest BCUT2D eigenvalue weighted by Gasteiger charge is 2.15. The predicted octanol–water partition coefficient (Wildman–Crippen LogP) is 3.47. The number of nitrogens with zero attached hydrogens (tertiary/aromatic N) is 1. The van der Waals surface area contributed by atoms with Crippen molar-refractivity contribution in [2.45, 2.75) is 19.9 Å². The van der Waals surface area contributed by atoms with Gasteiger partial charge in [-0.15, -0.1) is 11.3 Å². The molecule has 2 aromatic rings. The van der Waals surface area contributed by atoms with Crippen molar-refractivity contribution in [1.29, 1.82) is 0 Å². The Morgan fingerprint density at radius 3 is 2.44 bits per heavy atom. The van der Waals surface area contributed by atoms with E-state index in [1.54, 1.807) is 18.4 Å². The monoisotopic (exact) mass is 262 g/mol. The average Bonchev–Trinajstić information content (AvgIpc) is 2.87. The number of benzene rings is 1. The molecule has 0 aliphatic heterocycles. The third-order valence-corrected chi connectivity index (χ3v) is 3.86. The summed E-state index contributed by atoms with van der Waals surface area (Å²) in [7, 11) is 1.66. The number of hydrogen-bond acceptors (Lipinski definition) is 4. The van der Waals surface area contributed by atoms with Crippen LogP contribution in [-0.4, -0.2) is 12.1 Å². The van der Waals surface area contributed by atoms with Gasteiger partial charge >= 0.3 is 0 Å². The zero-order valence-corrected chi connectivity index (χ0v) is 11.7. The highest BCUT2D eigenvalue weighted by Crippen LogP contribution is 2.28. The average molecular weight is 262 g/mol. The van der Waals surface area contributed by atoms with E-state index in [4.69, 9.17) is 10.5 Å². The molecular formula is C14H18N2OS. The number of nitrogens with two attached hydrogens (primary N) is 1. The molecule has 0 saturated carbocycles. The number of hydrogen-bond donors (Lipinski definition) is 1. The first-order chi connectivity index (χ1) is 8.61. The Morgan fingerprint density at radius 1 is 1.22 bits per heavy atom. The molecule has 1 unspecified atom stereocenters. The fourth-order valence-electron chi connectivity index (χ4n) is 1.62. The third kappa shape index (κ3) is 2.71. The zero-order chi connectivity index (χ0) is 13.1. The van der Waals surface area contributed by atoms with Gasteiger partial charge in [-0.3, -0.25) is 0 Å². The van der Waals surface area contributed by atoms with Crippen LogP contribution in [0.4, 0.5) is 0 Å². The second-order valence-corrected chi connectivity index (χ2v) is 5.46. The smallest absolute Gasteiger partial charge is 0.118 e. The molecule has 96 valence electrons. The first kappa shape index (κ1) is 13.1. The lowest BCUT2D eigenvalue weighted by atomic mass is 10.1. The highest BCUT2D eigenvalue weighted by atomic mass is 32.1. The van der Waals surface area contributed by atoms with Crippen molar-refractivity contribution in [3.63, 3.8) is 0 Å². The molecule has 0 aliphatic carbocycles. The standard InChI is InChI=1S/C14H18N2OS/c1-9(2)13(15)14-16-12(8-18-14)10-4-6-11(17-3)7-5-10/h4-9,13H,15H2,1-3H3. The Labute approximate surface area is 112 Å². The molecular weight excluding hydrogens is 244 g/mol. The second-order valence-electron chi connectivity index (χ2n) is 4.57. The molecule has 2 rings (SSSR count). The predicted molar refractivity (Wildman–Crippen MR) is 75.9 cm³/mol. The van der Waals surface area contributed by atoms with Crippen LogP contribution >= 0.6 is 11.3 Å². The Morgan fingerprint density at radius 2 is 1.89 bits per heavy atom. The minimum absolute atomic E-state index is 0.0157. The number of ether oxygens (including phenoxy) is 1. The Kier molecular flexibility index (Phi) is 3.99. The van der Waals surface area contributed by atoms with Gasteiger partial charge < -0.3 is 10.5 Å². The fourth-order valence-corrected chi connectivity index (χ4v) is 2.62. The summed E-state index contributed by atoms with van der Waals surface area (Å²) in [6.07, 6.45) is 0. The maximum atomic E-state index is 6.10. The minimum Gasteiger partial charge on any atom is -0.497 e. The van der Waals surface area contributed by atoms with E-state index in [0.717, 1.165) is 22.0 Å². The summed E-state index contributed by atoms with van der Waals surface area (Å²) in [6, 6.07) is 7.92. The molecule has 18 heavy (non-hydrogen) atoms. The number of aromatic nitrogens is 1. The van der Waals surface area contributed by atoms with E-state index in [2.05, 4.69) is 24.2 Å². The van der Waals surface area contributed by atoms with Gasteiger partial charge in [0.1, 0.15) is 10.8 Å². The summed E-state index contributed by atoms with van der Waals surface area (Å²) < 4.78 is 5.14. The van der Waals surface area contributed by atoms with Gasteiger partial charge in [-0.2, -0.15) is 0 Å². The van der Waals surface area contributed by atoms with Gasteiger partial charge in [-0.25, -0.2) is 4.98 Å². The van der Waals surface area contributed by atoms with Gasteiger partial charge in [0.15, 0.2) is 0 Å². The zero-order valence-electron chi connectivity index (χ0n) is 10.9. The lowest BCUT2D eigenvalue weighted by molar-refractivity contribution is 0.415. The summed E-state index contributed by atoms with van der Waals surface area (Å²) in [5.41, 5.74) is 8.17. The van der Waals surface area contributed by atoms with Crippen molar-refractivity contribution in [2.75, 3.05) is 7.11 Å². The fraction of sp³-hybridized carbons (Fsp3) is 0.357. The topological polar surface area (TPSA) is 48.1 Å². The lowest BCUT2D eigenvalue weighted by Gasteiger charge is -2.11. The van der Waals surface area contributed by atoms with Gasteiger partial charge in [-0.1, -0.05) is 13.8 Å². The van der Waals surface area contributed by atoms with Crippen molar-refractivity contribution < 1.29 is 4.74 Å². The van der Waals surface area contributed by atoms with Gasteiger partial charge in [0, 0.05) is 10.9 Å². The molecule has 1 aromatic carbocycles. The maximum Gasteiger partial charge on any atom is 0.118 e. The molecule has 0 radical (unpaired) electrons. The normalized spacial score (nSPS) is 12.7. The van der Waals surface area contributed by atoms with Crippen LogP contribution in [0.25, 0.3) is 11.3 Å². The van der Waals surface area contributed by atoms with Crippen molar-refractivity contribution in [3.8, 4) is 17.0 Å². The van der Waals surface area contributed by atoms with E-state index in [1.165, 1.54) is 0 Å². The van der Waals surface area contributed by atoms with Crippen LogP contribution in [-0.2, 0) is 0 Å². The van der Waals surface area contributed by atoms with Crippen molar-refractivity contribution in [3.05, 3.63) is 34.7 Å². The van der Waals surface area contributed by atoms with E-state index >= 15 is 0 Å². The van der Waals surface area contributed by atoms with E-state index < -0.39 is 0 Å². The van der Waals surface area contributed by atoms with Gasteiger partial charge in [0.2, 0.25) is 0 Å². The van der Waals surface area contributed by atoms with Crippen LogP contribution in [0.1, 0.15) is 24.9 Å². The van der Waals surface area contributed by atoms with E-state index in [9.17, 15) is 0 Å². The summed E-state index contributed by atoms with van der Waals surface area (Å²) >= 11 is 1.62. The Balaban J connectivity index is 2.23. The summed E-state index contributed by atoms with van der Waals surface area (Å²) in [5, 5.41) is 3.05. The molecule has 0 saturated heterocycles. The van der Waals surface area contributed by atoms with E-state index in [1.807, 2.05) is 24.3 Å². The molecule has 0 spiro atoms. The van der Waals surface area contributed by atoms with Crippen LogP contribution in [0.3, 0.4) is 0 Å². The van der Waals surface area contributed by atoms with Crippen LogP contribution < -0.4 is 10.5 Å². The van der Waals surface area contributed by atoms with Crippen LogP contribution in [0, 0.1) is 5.92 Å². The summed E-state index contributed by atoms with van der Waals surface area (Å²) in [6.45, 7) is 4.22. The molecule has 0 bridgehead atoms. The van der Waals surface area contributed by atoms with Crippen LogP contribution in [0.15, 0.2) is 29.6 Å². The third-order valence-electron chi connectivity index (χ3n) is 2.91. The number of methoxy groups -OCH3 is 1. The molecule has 0 amide bonds. The number of rotatable bonds is 4. The van der Waals surface area contributed by atoms with Crippen LogP contribution in [0.5, 0.6) is 5.75 Å². The lowest BCUT2D eigenvalue weighted by Crippen LogP contribution is -2.16. The molecule has 1 atom stereocenters. The molecule has 1 aromatic heterocycles. The largest absolute Gasteiger partial charge is 0.497 e. The minimum atomic E-state index is 0.0157. The molecule has 2 N–H and O–H groups in total. The Bertz CT molecular complexity index is 505. The van der Waals surface area contributed by atoms with Gasteiger partial charge in [0.05, 0.1) is 18.8 Å². The van der Waals surface area contributed by atoms with Gasteiger partial charge in [0.25, 0.3) is 0 Å². The maximum absolute atomic E-state index is 6.10. The summed E-state index contributed by atoms with van der Waals surface area (Å²) in [5.74, 6) is 1.26. The number of thiazole rings is 1. The molecule has 1 heterocycles. The van der Waals surface area contributed by atoms with Crippen molar-refractivity contribution in [2.24, 2.45) is 11.7 Å². The van der Waals surface area contributed by atoms with Crippen LogP contribution in [0.2, 0.25) is 0 Å². The quantitative estimate of drug-likeness (QED) is 0.917. The molecule has 3 nitrogen and oxygen atoms in total. The Hall–Kier alpha value is -1.39. The van der Waals surface area contributed by atoms with E-state index in [-0.39, 0.29) is 6.04 Å². The first-order valence-electron chi connectivity index (χ1n) is 5.97. The van der Waals surface area contributed by atoms with E-state index in [0.29, 0.717) is 5.92 Å². The first-order valence-corrected chi connectivity index (χ1v) is 6.85.